The van der Waals surface area contributed by atoms with Crippen LogP contribution in [0.2, 0.25) is 0 Å². The van der Waals surface area contributed by atoms with E-state index in [0.717, 1.165) is 11.3 Å². The first-order chi connectivity index (χ1) is 9.29. The quantitative estimate of drug-likeness (QED) is 0.850. The van der Waals surface area contributed by atoms with Gasteiger partial charge >= 0.3 is 0 Å². The minimum absolute atomic E-state index is 0.186. The second kappa shape index (κ2) is 5.41. The summed E-state index contributed by atoms with van der Waals surface area (Å²) in [5.74, 6) is 0.267. The van der Waals surface area contributed by atoms with E-state index < -0.39 is 10.0 Å². The van der Waals surface area contributed by atoms with Crippen molar-refractivity contribution in [3.05, 3.63) is 34.8 Å². The first-order valence-electron chi connectivity index (χ1n) is 6.14. The van der Waals surface area contributed by atoms with E-state index in [-0.39, 0.29) is 10.8 Å². The Kier molecular flexibility index (Phi) is 4.01. The molecule has 0 saturated carbocycles. The van der Waals surface area contributed by atoms with Crippen LogP contribution in [0.3, 0.4) is 0 Å². The highest BCUT2D eigenvalue weighted by Crippen LogP contribution is 2.25. The number of rotatable bonds is 4. The van der Waals surface area contributed by atoms with E-state index in [1.54, 1.807) is 19.1 Å². The van der Waals surface area contributed by atoms with Crippen LogP contribution in [0.5, 0.6) is 0 Å². The van der Waals surface area contributed by atoms with Gasteiger partial charge in [-0.3, -0.25) is 4.72 Å². The molecule has 0 aliphatic carbocycles. The molecule has 0 spiro atoms. The van der Waals surface area contributed by atoms with Crippen LogP contribution in [0.15, 0.2) is 28.5 Å². The zero-order valence-corrected chi connectivity index (χ0v) is 13.2. The van der Waals surface area contributed by atoms with Crippen molar-refractivity contribution in [2.75, 3.05) is 10.5 Å². The largest absolute Gasteiger partial charge is 0.399 e. The molecule has 0 aliphatic rings. The topological polar surface area (TPSA) is 85.1 Å². The molecule has 0 saturated heterocycles. The molecule has 1 heterocycles. The average Bonchev–Trinajstić information content (AvgIpc) is 2.80. The highest BCUT2D eigenvalue weighted by atomic mass is 32.2. The summed E-state index contributed by atoms with van der Waals surface area (Å²) in [7, 11) is -3.62. The van der Waals surface area contributed by atoms with Gasteiger partial charge in [0.2, 0.25) is 0 Å². The van der Waals surface area contributed by atoms with Crippen molar-refractivity contribution in [2.45, 2.75) is 31.6 Å². The molecular weight excluding hydrogens is 294 g/mol. The van der Waals surface area contributed by atoms with E-state index in [4.69, 9.17) is 5.73 Å². The minimum Gasteiger partial charge on any atom is -0.399 e. The molecule has 0 bridgehead atoms. The van der Waals surface area contributed by atoms with Crippen LogP contribution in [0.25, 0.3) is 0 Å². The Hall–Kier alpha value is -1.60. The van der Waals surface area contributed by atoms with E-state index in [1.807, 2.05) is 19.2 Å². The van der Waals surface area contributed by atoms with Crippen molar-refractivity contribution in [1.82, 2.24) is 4.98 Å². The normalized spacial score (nSPS) is 11.8. The number of sulfonamides is 1. The van der Waals surface area contributed by atoms with Gasteiger partial charge in [0.25, 0.3) is 10.0 Å². The van der Waals surface area contributed by atoms with Crippen molar-refractivity contribution < 1.29 is 8.42 Å². The Morgan fingerprint density at radius 3 is 2.60 bits per heavy atom. The van der Waals surface area contributed by atoms with Crippen LogP contribution in [0.4, 0.5) is 10.8 Å². The van der Waals surface area contributed by atoms with E-state index in [2.05, 4.69) is 9.71 Å². The lowest BCUT2D eigenvalue weighted by atomic mass is 10.2. The van der Waals surface area contributed by atoms with Crippen molar-refractivity contribution in [3.8, 4) is 0 Å². The molecule has 108 valence electrons. The fraction of sp³-hybridized carbons (Fsp3) is 0.308. The lowest BCUT2D eigenvalue weighted by Gasteiger charge is -2.07. The standard InChI is InChI=1S/C13H17N3O2S2/c1-8(2)12-7-19-13(15-12)16-20(17,18)10-4-5-11(14)9(3)6-10/h4-8H,14H2,1-3H3,(H,15,16). The van der Waals surface area contributed by atoms with Gasteiger partial charge in [0, 0.05) is 11.1 Å². The van der Waals surface area contributed by atoms with Crippen LogP contribution in [0, 0.1) is 6.92 Å². The molecule has 3 N–H and O–H groups in total. The highest BCUT2D eigenvalue weighted by molar-refractivity contribution is 7.93. The maximum atomic E-state index is 12.3. The van der Waals surface area contributed by atoms with Crippen LogP contribution in [0.1, 0.15) is 31.0 Å². The number of thiazole rings is 1. The molecule has 0 radical (unpaired) electrons. The van der Waals surface area contributed by atoms with Crippen molar-refractivity contribution in [1.29, 1.82) is 0 Å². The summed E-state index contributed by atoms with van der Waals surface area (Å²) >= 11 is 1.28. The first-order valence-corrected chi connectivity index (χ1v) is 8.50. The summed E-state index contributed by atoms with van der Waals surface area (Å²) in [4.78, 5) is 4.45. The Morgan fingerprint density at radius 1 is 1.35 bits per heavy atom. The van der Waals surface area contributed by atoms with Crippen molar-refractivity contribution >= 4 is 32.2 Å². The van der Waals surface area contributed by atoms with Crippen molar-refractivity contribution in [2.24, 2.45) is 0 Å². The van der Waals surface area contributed by atoms with Crippen LogP contribution >= 0.6 is 11.3 Å². The summed E-state index contributed by atoms with van der Waals surface area (Å²) in [5.41, 5.74) is 7.87. The lowest BCUT2D eigenvalue weighted by molar-refractivity contribution is 0.601. The summed E-state index contributed by atoms with van der Waals surface area (Å²) in [5, 5.41) is 2.24. The predicted octanol–water partition coefficient (Wildman–Crippen LogP) is 2.96. The van der Waals surface area contributed by atoms with Crippen molar-refractivity contribution in [3.63, 3.8) is 0 Å². The van der Waals surface area contributed by atoms with E-state index >= 15 is 0 Å². The maximum absolute atomic E-state index is 12.3. The number of aromatic nitrogens is 1. The van der Waals surface area contributed by atoms with Crippen LogP contribution in [-0.4, -0.2) is 13.4 Å². The number of nitrogens with two attached hydrogens (primary N) is 1. The molecule has 5 nitrogen and oxygen atoms in total. The number of benzene rings is 1. The zero-order valence-electron chi connectivity index (χ0n) is 11.5. The SMILES string of the molecule is Cc1cc(S(=O)(=O)Nc2nc(C(C)C)cs2)ccc1N. The van der Waals surface area contributed by atoms with Crippen LogP contribution in [-0.2, 0) is 10.0 Å². The van der Waals surface area contributed by atoms with Gasteiger partial charge in [-0.25, -0.2) is 13.4 Å². The Labute approximate surface area is 122 Å². The molecule has 1 aromatic heterocycles. The molecule has 20 heavy (non-hydrogen) atoms. The number of nitrogen functional groups attached to an aromatic ring is 1. The number of anilines is 2. The molecule has 0 amide bonds. The molecular formula is C13H17N3O2S2. The van der Waals surface area contributed by atoms with Gasteiger partial charge in [-0.05, 0) is 36.6 Å². The van der Waals surface area contributed by atoms with Gasteiger partial charge in [-0.1, -0.05) is 13.8 Å². The first kappa shape index (κ1) is 14.8. The lowest BCUT2D eigenvalue weighted by Crippen LogP contribution is -2.13. The molecule has 0 fully saturated rings. The second-order valence-corrected chi connectivity index (χ2v) is 7.40. The minimum atomic E-state index is -3.62. The molecule has 0 aliphatic heterocycles. The maximum Gasteiger partial charge on any atom is 0.263 e. The van der Waals surface area contributed by atoms with Gasteiger partial charge in [0.1, 0.15) is 0 Å². The molecule has 2 aromatic rings. The molecule has 7 heteroatoms. The Balaban J connectivity index is 2.28. The zero-order chi connectivity index (χ0) is 14.9. The summed E-state index contributed by atoms with van der Waals surface area (Å²) in [6, 6.07) is 4.63. The summed E-state index contributed by atoms with van der Waals surface area (Å²) in [6.07, 6.45) is 0. The van der Waals surface area contributed by atoms with Gasteiger partial charge in [0.05, 0.1) is 10.6 Å². The van der Waals surface area contributed by atoms with Gasteiger partial charge in [0.15, 0.2) is 5.13 Å². The molecule has 2 rings (SSSR count). The second-order valence-electron chi connectivity index (χ2n) is 4.86. The monoisotopic (exact) mass is 311 g/mol. The third kappa shape index (κ3) is 3.10. The summed E-state index contributed by atoms with van der Waals surface area (Å²) < 4.78 is 27.0. The number of aryl methyl sites for hydroxylation is 1. The molecule has 0 atom stereocenters. The van der Waals surface area contributed by atoms with E-state index in [0.29, 0.717) is 10.8 Å². The fourth-order valence-corrected chi connectivity index (χ4v) is 3.80. The predicted molar refractivity (Wildman–Crippen MR) is 82.6 cm³/mol. The fourth-order valence-electron chi connectivity index (χ4n) is 1.59. The third-order valence-corrected chi connectivity index (χ3v) is 5.13. The molecule has 0 unspecified atom stereocenters. The molecule has 1 aromatic carbocycles. The Morgan fingerprint density at radius 2 is 2.05 bits per heavy atom. The highest BCUT2D eigenvalue weighted by Gasteiger charge is 2.17. The smallest absolute Gasteiger partial charge is 0.263 e. The van der Waals surface area contributed by atoms with Gasteiger partial charge < -0.3 is 5.73 Å². The number of hydrogen-bond acceptors (Lipinski definition) is 5. The van der Waals surface area contributed by atoms with Gasteiger partial charge in [-0.15, -0.1) is 11.3 Å². The third-order valence-electron chi connectivity index (χ3n) is 2.89. The number of nitrogens with zero attached hydrogens (tertiary/aromatic N) is 1. The van der Waals surface area contributed by atoms with Gasteiger partial charge in [-0.2, -0.15) is 0 Å². The number of nitrogens with one attached hydrogen (secondary N) is 1. The summed E-state index contributed by atoms with van der Waals surface area (Å²) in [6.45, 7) is 5.79. The number of hydrogen-bond donors (Lipinski definition) is 2. The van der Waals surface area contributed by atoms with E-state index in [9.17, 15) is 8.42 Å². The average molecular weight is 311 g/mol. The van der Waals surface area contributed by atoms with E-state index in [1.165, 1.54) is 17.4 Å². The Bertz CT molecular complexity index is 721. The van der Waals surface area contributed by atoms with Crippen LogP contribution < -0.4 is 10.5 Å².